The summed E-state index contributed by atoms with van der Waals surface area (Å²) in [4.78, 5) is 9.06. The molecule has 162 valence electrons. The van der Waals surface area contributed by atoms with E-state index in [0.29, 0.717) is 13.2 Å². The zero-order valence-corrected chi connectivity index (χ0v) is 17.6. The second-order valence-corrected chi connectivity index (χ2v) is 7.70. The predicted molar refractivity (Wildman–Crippen MR) is 124 cm³/mol. The number of hydrogen-bond acceptors (Lipinski definition) is 6. The third-order valence-electron chi connectivity index (χ3n) is 5.01. The zero-order valence-electron chi connectivity index (χ0n) is 17.6. The first-order valence-corrected chi connectivity index (χ1v) is 10.7. The van der Waals surface area contributed by atoms with E-state index in [2.05, 4.69) is 9.98 Å². The third kappa shape index (κ3) is 6.26. The lowest BCUT2D eigenvalue weighted by Gasteiger charge is -2.04. The number of aliphatic imine (C=N–C) groups is 2. The Hall–Kier alpha value is -3.48. The van der Waals surface area contributed by atoms with Crippen LogP contribution < -0.4 is 9.47 Å². The topological polar surface area (TPSA) is 68.2 Å². The van der Waals surface area contributed by atoms with Gasteiger partial charge in [-0.2, -0.15) is 0 Å². The van der Waals surface area contributed by atoms with Crippen molar-refractivity contribution in [3.63, 3.8) is 0 Å². The smallest absolute Gasteiger partial charge is 0.119 e. The van der Waals surface area contributed by atoms with Crippen molar-refractivity contribution in [1.29, 1.82) is 0 Å². The maximum Gasteiger partial charge on any atom is 0.119 e. The monoisotopic (exact) mass is 428 g/mol. The number of hydrogen-bond donors (Lipinski definition) is 0. The molecule has 6 heteroatoms. The quantitative estimate of drug-likeness (QED) is 0.345. The van der Waals surface area contributed by atoms with Crippen molar-refractivity contribution in [3.8, 4) is 11.5 Å². The van der Waals surface area contributed by atoms with E-state index in [1.165, 1.54) is 0 Å². The molecule has 6 nitrogen and oxygen atoms in total. The molecule has 3 aromatic rings. The van der Waals surface area contributed by atoms with Crippen molar-refractivity contribution < 1.29 is 18.9 Å². The number of rotatable bonds is 10. The first-order chi connectivity index (χ1) is 15.8. The van der Waals surface area contributed by atoms with Gasteiger partial charge in [0, 0.05) is 12.4 Å². The summed E-state index contributed by atoms with van der Waals surface area (Å²) in [5, 5.41) is 0. The fourth-order valence-corrected chi connectivity index (χ4v) is 2.93. The van der Waals surface area contributed by atoms with E-state index in [1.807, 2.05) is 85.2 Å². The molecule has 0 aromatic heterocycles. The van der Waals surface area contributed by atoms with Gasteiger partial charge in [-0.3, -0.25) is 9.98 Å². The van der Waals surface area contributed by atoms with Crippen LogP contribution >= 0.6 is 0 Å². The lowest BCUT2D eigenvalue weighted by Crippen LogP contribution is -2.03. The van der Waals surface area contributed by atoms with E-state index in [1.54, 1.807) is 0 Å². The van der Waals surface area contributed by atoms with E-state index in [9.17, 15) is 0 Å². The minimum atomic E-state index is 0.257. The highest BCUT2D eigenvalue weighted by Gasteiger charge is 2.23. The highest BCUT2D eigenvalue weighted by Crippen LogP contribution is 2.20. The van der Waals surface area contributed by atoms with Gasteiger partial charge in [0.25, 0.3) is 0 Å². The summed E-state index contributed by atoms with van der Waals surface area (Å²) in [6.45, 7) is 2.81. The molecule has 0 amide bonds. The maximum atomic E-state index is 5.65. The summed E-state index contributed by atoms with van der Waals surface area (Å²) < 4.78 is 21.6. The predicted octanol–water partition coefficient (Wildman–Crippen LogP) is 4.74. The van der Waals surface area contributed by atoms with E-state index < -0.39 is 0 Å². The normalized spacial score (nSPS) is 19.4. The van der Waals surface area contributed by atoms with Gasteiger partial charge < -0.3 is 18.9 Å². The summed E-state index contributed by atoms with van der Waals surface area (Å²) in [5.41, 5.74) is 3.78. The summed E-state index contributed by atoms with van der Waals surface area (Å²) in [7, 11) is 0. The van der Waals surface area contributed by atoms with E-state index in [4.69, 9.17) is 18.9 Å². The molecule has 2 fully saturated rings. The molecule has 0 aliphatic carbocycles. The Morgan fingerprint density at radius 2 is 1.00 bits per heavy atom. The molecule has 2 saturated heterocycles. The largest absolute Gasteiger partial charge is 0.491 e. The van der Waals surface area contributed by atoms with Crippen LogP contribution in [0.25, 0.3) is 0 Å². The van der Waals surface area contributed by atoms with Crippen molar-refractivity contribution >= 4 is 23.8 Å². The van der Waals surface area contributed by atoms with Crippen LogP contribution in [0, 0.1) is 0 Å². The van der Waals surface area contributed by atoms with Gasteiger partial charge in [-0.1, -0.05) is 12.1 Å². The molecule has 5 rings (SSSR count). The van der Waals surface area contributed by atoms with Crippen molar-refractivity contribution in [1.82, 2.24) is 0 Å². The molecule has 2 aliphatic heterocycles. The standard InChI is InChI=1S/C26H24N2O4/c1-5-21(27-14-20-3-9-23(10-4-20)29-15-25-17-31-25)6-2-19(1)13-28-22-7-11-24(12-8-22)30-16-26-18-32-26/h1-14,25-26H,15-18H2/b27-14+,28-13+. The Kier molecular flexibility index (Phi) is 6.23. The Morgan fingerprint density at radius 3 is 1.44 bits per heavy atom. The summed E-state index contributed by atoms with van der Waals surface area (Å²) in [5.74, 6) is 1.67. The molecule has 3 aromatic carbocycles. The van der Waals surface area contributed by atoms with Crippen molar-refractivity contribution in [2.45, 2.75) is 12.2 Å². The number of epoxide rings is 2. The Bertz CT molecular complexity index is 980. The Labute approximate surface area is 187 Å². The SMILES string of the molecule is C(=N\c1ccc(/C=N/c2ccc(OCC3CO3)cc2)cc1)/c1ccc(OCC2CO2)cc1. The van der Waals surface area contributed by atoms with E-state index >= 15 is 0 Å². The highest BCUT2D eigenvalue weighted by atomic mass is 16.6. The van der Waals surface area contributed by atoms with Gasteiger partial charge in [0.2, 0.25) is 0 Å². The molecular formula is C26H24N2O4. The summed E-state index contributed by atoms with van der Waals surface area (Å²) in [6, 6.07) is 23.5. The Balaban J connectivity index is 1.12. The molecular weight excluding hydrogens is 404 g/mol. The molecule has 0 bridgehead atoms. The van der Waals surface area contributed by atoms with Crippen LogP contribution in [0.4, 0.5) is 11.4 Å². The van der Waals surface area contributed by atoms with Crippen LogP contribution in [0.5, 0.6) is 11.5 Å². The zero-order chi connectivity index (χ0) is 21.6. The molecule has 0 saturated carbocycles. The highest BCUT2D eigenvalue weighted by molar-refractivity contribution is 5.84. The fourth-order valence-electron chi connectivity index (χ4n) is 2.93. The lowest BCUT2D eigenvalue weighted by atomic mass is 10.2. The van der Waals surface area contributed by atoms with E-state index in [0.717, 1.165) is 47.2 Å². The maximum absolute atomic E-state index is 5.65. The minimum Gasteiger partial charge on any atom is -0.491 e. The van der Waals surface area contributed by atoms with Crippen LogP contribution in [0.2, 0.25) is 0 Å². The number of benzene rings is 3. The van der Waals surface area contributed by atoms with Crippen LogP contribution in [-0.2, 0) is 9.47 Å². The van der Waals surface area contributed by atoms with E-state index in [-0.39, 0.29) is 12.2 Å². The van der Waals surface area contributed by atoms with Crippen molar-refractivity contribution in [2.75, 3.05) is 26.4 Å². The van der Waals surface area contributed by atoms with Gasteiger partial charge in [-0.05, 0) is 71.8 Å². The van der Waals surface area contributed by atoms with Gasteiger partial charge in [-0.25, -0.2) is 0 Å². The minimum absolute atomic E-state index is 0.257. The van der Waals surface area contributed by atoms with Crippen LogP contribution in [0.1, 0.15) is 11.1 Å². The summed E-state index contributed by atoms with van der Waals surface area (Å²) in [6.07, 6.45) is 4.20. The molecule has 0 radical (unpaired) electrons. The van der Waals surface area contributed by atoms with Crippen LogP contribution in [0.3, 0.4) is 0 Å². The molecule has 32 heavy (non-hydrogen) atoms. The number of ether oxygens (including phenoxy) is 4. The van der Waals surface area contributed by atoms with Crippen molar-refractivity contribution in [2.24, 2.45) is 9.98 Å². The van der Waals surface area contributed by atoms with Crippen molar-refractivity contribution in [3.05, 3.63) is 83.9 Å². The molecule has 2 atom stereocenters. The Morgan fingerprint density at radius 1 is 0.625 bits per heavy atom. The second kappa shape index (κ2) is 9.77. The van der Waals surface area contributed by atoms with Gasteiger partial charge in [0.1, 0.15) is 36.9 Å². The van der Waals surface area contributed by atoms with Crippen LogP contribution in [-0.4, -0.2) is 51.1 Å². The van der Waals surface area contributed by atoms with Gasteiger partial charge in [-0.15, -0.1) is 0 Å². The molecule has 0 N–H and O–H groups in total. The molecule has 0 spiro atoms. The first kappa shape index (κ1) is 20.4. The molecule has 2 heterocycles. The lowest BCUT2D eigenvalue weighted by molar-refractivity contribution is 0.263. The van der Waals surface area contributed by atoms with Gasteiger partial charge in [0.05, 0.1) is 24.6 Å². The third-order valence-corrected chi connectivity index (χ3v) is 5.01. The van der Waals surface area contributed by atoms with Gasteiger partial charge in [0.15, 0.2) is 0 Å². The van der Waals surface area contributed by atoms with Crippen LogP contribution in [0.15, 0.2) is 82.8 Å². The fraction of sp³-hybridized carbons (Fsp3) is 0.231. The molecule has 2 unspecified atom stereocenters. The van der Waals surface area contributed by atoms with Gasteiger partial charge >= 0.3 is 0 Å². The average Bonchev–Trinajstić information content (AvgIpc) is 3.76. The summed E-state index contributed by atoms with van der Waals surface area (Å²) >= 11 is 0. The molecule has 2 aliphatic rings. The second-order valence-electron chi connectivity index (χ2n) is 7.70. The first-order valence-electron chi connectivity index (χ1n) is 10.7. The average molecular weight is 428 g/mol. The number of nitrogens with zero attached hydrogens (tertiary/aromatic N) is 2.